The zero-order valence-corrected chi connectivity index (χ0v) is 8.62. The molecule has 15 heavy (non-hydrogen) atoms. The van der Waals surface area contributed by atoms with Gasteiger partial charge in [-0.15, -0.1) is 0 Å². The fourth-order valence-corrected chi connectivity index (χ4v) is 1.47. The second kappa shape index (κ2) is 3.39. The van der Waals surface area contributed by atoms with Crippen LogP contribution in [0.25, 0.3) is 5.65 Å². The average molecular weight is 226 g/mol. The number of nitrogens with zero attached hydrogens (tertiary/aromatic N) is 3. The maximum absolute atomic E-state index is 11.1. The van der Waals surface area contributed by atoms with Gasteiger partial charge in [0.05, 0.1) is 6.20 Å². The number of carbonyl (C=O) groups excluding carboxylic acids is 1. The summed E-state index contributed by atoms with van der Waals surface area (Å²) in [5, 5.41) is 7.14. The van der Waals surface area contributed by atoms with E-state index in [0.717, 1.165) is 0 Å². The zero-order chi connectivity index (χ0) is 11.0. The number of hydrogen-bond acceptors (Lipinski definition) is 4. The summed E-state index contributed by atoms with van der Waals surface area (Å²) in [6.07, 6.45) is 1.36. The fourth-order valence-electron chi connectivity index (χ4n) is 1.29. The molecule has 7 heteroatoms. The van der Waals surface area contributed by atoms with E-state index in [-0.39, 0.29) is 10.7 Å². The maximum Gasteiger partial charge on any atom is 0.254 e. The molecular weight excluding hydrogens is 218 g/mol. The van der Waals surface area contributed by atoms with Gasteiger partial charge in [0.25, 0.3) is 5.91 Å². The molecule has 0 aromatic carbocycles. The van der Waals surface area contributed by atoms with Gasteiger partial charge in [0, 0.05) is 13.1 Å². The molecule has 0 radical (unpaired) electrons. The molecule has 0 atom stereocenters. The lowest BCUT2D eigenvalue weighted by molar-refractivity contribution is 0.100. The van der Waals surface area contributed by atoms with Crippen molar-refractivity contribution in [3.8, 4) is 0 Å². The number of fused-ring (bicyclic) bond motifs is 1. The Labute approximate surface area is 90.0 Å². The fraction of sp³-hybridized carbons (Fsp3) is 0.125. The molecule has 0 fully saturated rings. The highest BCUT2D eigenvalue weighted by atomic mass is 35.5. The summed E-state index contributed by atoms with van der Waals surface area (Å²) in [4.78, 5) is 15.0. The van der Waals surface area contributed by atoms with Gasteiger partial charge in [0.2, 0.25) is 0 Å². The minimum Gasteiger partial charge on any atom is -0.373 e. The molecule has 0 bridgehead atoms. The molecule has 6 nitrogen and oxygen atoms in total. The number of primary amides is 1. The molecule has 2 aromatic heterocycles. The number of rotatable bonds is 2. The number of anilines is 1. The molecule has 2 heterocycles. The van der Waals surface area contributed by atoms with Crippen LogP contribution in [-0.4, -0.2) is 27.6 Å². The third kappa shape index (κ3) is 1.48. The van der Waals surface area contributed by atoms with Crippen LogP contribution in [0.4, 0.5) is 5.82 Å². The molecule has 1 amide bonds. The van der Waals surface area contributed by atoms with Crippen LogP contribution in [0.1, 0.15) is 10.4 Å². The first-order valence-corrected chi connectivity index (χ1v) is 4.53. The molecule has 0 spiro atoms. The van der Waals surface area contributed by atoms with Gasteiger partial charge in [0.15, 0.2) is 5.65 Å². The van der Waals surface area contributed by atoms with Crippen molar-refractivity contribution >= 4 is 29.0 Å². The van der Waals surface area contributed by atoms with Crippen molar-refractivity contribution in [2.75, 3.05) is 12.4 Å². The molecular formula is C8H8ClN5O. The first-order chi connectivity index (χ1) is 7.13. The first-order valence-electron chi connectivity index (χ1n) is 4.15. The topological polar surface area (TPSA) is 85.3 Å². The van der Waals surface area contributed by atoms with Crippen LogP contribution in [0.2, 0.25) is 5.15 Å². The van der Waals surface area contributed by atoms with Crippen molar-refractivity contribution < 1.29 is 4.79 Å². The number of aromatic nitrogens is 3. The third-order valence-corrected chi connectivity index (χ3v) is 2.16. The van der Waals surface area contributed by atoms with Crippen molar-refractivity contribution in [3.63, 3.8) is 0 Å². The largest absolute Gasteiger partial charge is 0.373 e. The van der Waals surface area contributed by atoms with Crippen LogP contribution in [0.5, 0.6) is 0 Å². The summed E-state index contributed by atoms with van der Waals surface area (Å²) < 4.78 is 1.46. The second-order valence-corrected chi connectivity index (χ2v) is 3.26. The highest BCUT2D eigenvalue weighted by Gasteiger charge is 2.13. The summed E-state index contributed by atoms with van der Waals surface area (Å²) in [6.45, 7) is 0. The van der Waals surface area contributed by atoms with E-state index in [0.29, 0.717) is 11.5 Å². The van der Waals surface area contributed by atoms with Gasteiger partial charge in [-0.3, -0.25) is 4.79 Å². The van der Waals surface area contributed by atoms with E-state index in [2.05, 4.69) is 15.4 Å². The quantitative estimate of drug-likeness (QED) is 0.730. The Balaban J connectivity index is 2.80. The third-order valence-electron chi connectivity index (χ3n) is 1.96. The summed E-state index contributed by atoms with van der Waals surface area (Å²) in [5.74, 6) is 0.0549. The van der Waals surface area contributed by atoms with E-state index in [4.69, 9.17) is 17.3 Å². The summed E-state index contributed by atoms with van der Waals surface area (Å²) in [5.41, 5.74) is 5.76. The van der Waals surface area contributed by atoms with Crippen molar-refractivity contribution in [1.82, 2.24) is 14.6 Å². The Kier molecular flexibility index (Phi) is 2.20. The van der Waals surface area contributed by atoms with Gasteiger partial charge < -0.3 is 11.1 Å². The summed E-state index contributed by atoms with van der Waals surface area (Å²) in [6, 6.07) is 1.60. The molecule has 0 aliphatic rings. The minimum absolute atomic E-state index is 0.244. The van der Waals surface area contributed by atoms with Crippen LogP contribution in [0, 0.1) is 0 Å². The Bertz CT molecular complexity index is 535. The highest BCUT2D eigenvalue weighted by molar-refractivity contribution is 6.29. The molecule has 0 aliphatic carbocycles. The number of nitrogens with one attached hydrogen (secondary N) is 1. The number of carbonyl (C=O) groups is 1. The Morgan fingerprint density at radius 1 is 1.67 bits per heavy atom. The van der Waals surface area contributed by atoms with E-state index in [9.17, 15) is 4.79 Å². The van der Waals surface area contributed by atoms with Crippen molar-refractivity contribution in [2.45, 2.75) is 0 Å². The van der Waals surface area contributed by atoms with Gasteiger partial charge in [-0.25, -0.2) is 4.98 Å². The van der Waals surface area contributed by atoms with Gasteiger partial charge in [-0.2, -0.15) is 9.61 Å². The number of halogens is 1. The van der Waals surface area contributed by atoms with Gasteiger partial charge in [-0.05, 0) is 0 Å². The highest BCUT2D eigenvalue weighted by Crippen LogP contribution is 2.17. The molecule has 3 N–H and O–H groups in total. The van der Waals surface area contributed by atoms with Crippen LogP contribution < -0.4 is 11.1 Å². The van der Waals surface area contributed by atoms with E-state index >= 15 is 0 Å². The SMILES string of the molecule is CNc1cc(Cl)nc2c(C(N)=O)cnn12. The van der Waals surface area contributed by atoms with Gasteiger partial charge >= 0.3 is 0 Å². The lowest BCUT2D eigenvalue weighted by Crippen LogP contribution is -2.11. The number of amides is 1. The van der Waals surface area contributed by atoms with Crippen molar-refractivity contribution in [3.05, 3.63) is 23.0 Å². The molecule has 78 valence electrons. The standard InChI is InChI=1S/C8H8ClN5O/c1-11-6-2-5(9)13-8-4(7(10)15)3-12-14(6)8/h2-3,11H,1H3,(H2,10,15). The Morgan fingerprint density at radius 2 is 2.40 bits per heavy atom. The molecule has 0 saturated carbocycles. The molecule has 0 saturated heterocycles. The van der Waals surface area contributed by atoms with Gasteiger partial charge in [-0.1, -0.05) is 11.6 Å². The average Bonchev–Trinajstić information content (AvgIpc) is 2.59. The second-order valence-electron chi connectivity index (χ2n) is 2.87. The van der Waals surface area contributed by atoms with E-state index in [1.54, 1.807) is 13.1 Å². The van der Waals surface area contributed by atoms with Gasteiger partial charge in [0.1, 0.15) is 16.5 Å². The zero-order valence-electron chi connectivity index (χ0n) is 7.86. The molecule has 2 rings (SSSR count). The van der Waals surface area contributed by atoms with E-state index in [1.165, 1.54) is 10.7 Å². The Hall–Kier alpha value is -1.82. The predicted molar refractivity (Wildman–Crippen MR) is 56.1 cm³/mol. The first kappa shape index (κ1) is 9.72. The van der Waals surface area contributed by atoms with E-state index < -0.39 is 5.91 Å². The molecule has 2 aromatic rings. The predicted octanol–water partition coefficient (Wildman–Crippen LogP) is 0.523. The lowest BCUT2D eigenvalue weighted by Gasteiger charge is -2.03. The van der Waals surface area contributed by atoms with Crippen molar-refractivity contribution in [1.29, 1.82) is 0 Å². The van der Waals surface area contributed by atoms with E-state index in [1.807, 2.05) is 0 Å². The Morgan fingerprint density at radius 3 is 3.00 bits per heavy atom. The number of hydrogen-bond donors (Lipinski definition) is 2. The van der Waals surface area contributed by atoms with Crippen molar-refractivity contribution in [2.24, 2.45) is 5.73 Å². The van der Waals surface area contributed by atoms with Crippen LogP contribution >= 0.6 is 11.6 Å². The summed E-state index contributed by atoms with van der Waals surface area (Å²) in [7, 11) is 1.72. The lowest BCUT2D eigenvalue weighted by atomic mass is 10.3. The number of nitrogens with two attached hydrogens (primary N) is 1. The molecule has 0 unspecified atom stereocenters. The van der Waals surface area contributed by atoms with Crippen LogP contribution in [0.3, 0.4) is 0 Å². The normalized spacial score (nSPS) is 10.5. The monoisotopic (exact) mass is 225 g/mol. The molecule has 0 aliphatic heterocycles. The summed E-state index contributed by atoms with van der Waals surface area (Å²) >= 11 is 5.79. The van der Waals surface area contributed by atoms with Crippen LogP contribution in [-0.2, 0) is 0 Å². The van der Waals surface area contributed by atoms with Crippen LogP contribution in [0.15, 0.2) is 12.3 Å². The maximum atomic E-state index is 11.1. The minimum atomic E-state index is -0.582. The smallest absolute Gasteiger partial charge is 0.254 e.